The molecular formula is C18H22N4O. The summed E-state index contributed by atoms with van der Waals surface area (Å²) in [5.41, 5.74) is 4.47. The van der Waals surface area contributed by atoms with Crippen molar-refractivity contribution >= 4 is 11.7 Å². The van der Waals surface area contributed by atoms with Crippen molar-refractivity contribution in [3.05, 3.63) is 46.6 Å². The van der Waals surface area contributed by atoms with Gasteiger partial charge in [0, 0.05) is 12.5 Å². The molecule has 5 heteroatoms. The molecule has 0 radical (unpaired) electrons. The molecule has 0 saturated carbocycles. The van der Waals surface area contributed by atoms with Crippen molar-refractivity contribution in [3.63, 3.8) is 0 Å². The number of rotatable bonds is 6. The molecule has 120 valence electrons. The largest absolute Gasteiger partial charge is 0.311 e. The average Bonchev–Trinajstić information content (AvgIpc) is 2.83. The quantitative estimate of drug-likeness (QED) is 0.890. The van der Waals surface area contributed by atoms with Gasteiger partial charge in [0.25, 0.3) is 0 Å². The molecule has 0 spiro atoms. The van der Waals surface area contributed by atoms with Crippen LogP contribution in [-0.4, -0.2) is 15.7 Å². The van der Waals surface area contributed by atoms with E-state index < -0.39 is 0 Å². The van der Waals surface area contributed by atoms with Crippen molar-refractivity contribution in [2.45, 2.75) is 46.6 Å². The van der Waals surface area contributed by atoms with Gasteiger partial charge in [-0.15, -0.1) is 0 Å². The molecule has 2 aromatic rings. The van der Waals surface area contributed by atoms with Gasteiger partial charge in [-0.05, 0) is 38.3 Å². The minimum absolute atomic E-state index is 0.0388. The van der Waals surface area contributed by atoms with Gasteiger partial charge < -0.3 is 5.32 Å². The molecule has 0 aliphatic heterocycles. The number of aromatic nitrogens is 2. The normalized spacial score (nSPS) is 10.3. The lowest BCUT2D eigenvalue weighted by Crippen LogP contribution is -2.16. The third-order valence-electron chi connectivity index (χ3n) is 3.72. The molecule has 0 aliphatic carbocycles. The van der Waals surface area contributed by atoms with E-state index in [1.165, 1.54) is 16.7 Å². The van der Waals surface area contributed by atoms with Crippen LogP contribution >= 0.6 is 0 Å². The van der Waals surface area contributed by atoms with E-state index in [9.17, 15) is 4.79 Å². The summed E-state index contributed by atoms with van der Waals surface area (Å²) in [4.78, 5) is 12.2. The van der Waals surface area contributed by atoms with Gasteiger partial charge in [0.2, 0.25) is 5.91 Å². The standard InChI is InChI=1S/C18H22N4O/c1-13-5-6-16(14(2)11-13)7-8-18(23)20-17-12-15(3)21-22(17)10-4-9-19/h5-6,11-12H,4,7-8,10H2,1-3H3,(H,20,23). The first-order valence-electron chi connectivity index (χ1n) is 7.77. The van der Waals surface area contributed by atoms with Crippen molar-refractivity contribution in [3.8, 4) is 6.07 Å². The first kappa shape index (κ1) is 16.8. The number of carbonyl (C=O) groups is 1. The molecule has 23 heavy (non-hydrogen) atoms. The molecule has 0 fully saturated rings. The Morgan fingerprint density at radius 3 is 2.78 bits per heavy atom. The van der Waals surface area contributed by atoms with Gasteiger partial charge in [0.15, 0.2) is 0 Å². The zero-order valence-electron chi connectivity index (χ0n) is 13.9. The predicted molar refractivity (Wildman–Crippen MR) is 90.1 cm³/mol. The van der Waals surface area contributed by atoms with E-state index >= 15 is 0 Å². The number of anilines is 1. The summed E-state index contributed by atoms with van der Waals surface area (Å²) >= 11 is 0. The summed E-state index contributed by atoms with van der Waals surface area (Å²) in [7, 11) is 0. The monoisotopic (exact) mass is 310 g/mol. The van der Waals surface area contributed by atoms with Gasteiger partial charge in [0.1, 0.15) is 5.82 Å². The maximum absolute atomic E-state index is 12.2. The molecule has 0 unspecified atom stereocenters. The molecular weight excluding hydrogens is 288 g/mol. The fourth-order valence-corrected chi connectivity index (χ4v) is 2.55. The fraction of sp³-hybridized carbons (Fsp3) is 0.389. The summed E-state index contributed by atoms with van der Waals surface area (Å²) in [5, 5.41) is 15.9. The first-order chi connectivity index (χ1) is 11.0. The first-order valence-corrected chi connectivity index (χ1v) is 7.77. The van der Waals surface area contributed by atoms with Crippen LogP contribution in [0.15, 0.2) is 24.3 Å². The van der Waals surface area contributed by atoms with Crippen molar-refractivity contribution in [2.75, 3.05) is 5.32 Å². The van der Waals surface area contributed by atoms with Crippen molar-refractivity contribution in [2.24, 2.45) is 0 Å². The van der Waals surface area contributed by atoms with Crippen LogP contribution in [-0.2, 0) is 17.8 Å². The van der Waals surface area contributed by atoms with E-state index in [2.05, 4.69) is 48.5 Å². The Kier molecular flexibility index (Phi) is 5.53. The van der Waals surface area contributed by atoms with E-state index in [1.807, 2.05) is 13.0 Å². The highest BCUT2D eigenvalue weighted by Crippen LogP contribution is 2.14. The van der Waals surface area contributed by atoms with Crippen LogP contribution in [0.3, 0.4) is 0 Å². The number of nitrogens with zero attached hydrogens (tertiary/aromatic N) is 3. The third-order valence-corrected chi connectivity index (χ3v) is 3.72. The Hall–Kier alpha value is -2.61. The second-order valence-corrected chi connectivity index (χ2v) is 5.78. The van der Waals surface area contributed by atoms with Gasteiger partial charge in [-0.1, -0.05) is 23.8 Å². The Morgan fingerprint density at radius 2 is 2.09 bits per heavy atom. The highest BCUT2D eigenvalue weighted by molar-refractivity contribution is 5.90. The highest BCUT2D eigenvalue weighted by atomic mass is 16.1. The van der Waals surface area contributed by atoms with Crippen LogP contribution in [0.2, 0.25) is 0 Å². The molecule has 1 heterocycles. The van der Waals surface area contributed by atoms with Gasteiger partial charge in [-0.3, -0.25) is 4.79 Å². The summed E-state index contributed by atoms with van der Waals surface area (Å²) in [6, 6.07) is 10.2. The summed E-state index contributed by atoms with van der Waals surface area (Å²) in [6.07, 6.45) is 1.50. The van der Waals surface area contributed by atoms with Crippen LogP contribution in [0.1, 0.15) is 35.2 Å². The molecule has 1 amide bonds. The number of hydrogen-bond donors (Lipinski definition) is 1. The second-order valence-electron chi connectivity index (χ2n) is 5.78. The van der Waals surface area contributed by atoms with Crippen LogP contribution in [0.5, 0.6) is 0 Å². The Balaban J connectivity index is 1.96. The van der Waals surface area contributed by atoms with Crippen molar-refractivity contribution in [1.29, 1.82) is 5.26 Å². The minimum Gasteiger partial charge on any atom is -0.311 e. The lowest BCUT2D eigenvalue weighted by molar-refractivity contribution is -0.116. The molecule has 0 aliphatic rings. The second kappa shape index (κ2) is 7.59. The fourth-order valence-electron chi connectivity index (χ4n) is 2.55. The zero-order valence-corrected chi connectivity index (χ0v) is 13.9. The van der Waals surface area contributed by atoms with Crippen LogP contribution in [0.25, 0.3) is 0 Å². The van der Waals surface area contributed by atoms with Gasteiger partial charge >= 0.3 is 0 Å². The molecule has 0 atom stereocenters. The van der Waals surface area contributed by atoms with Gasteiger partial charge in [0.05, 0.1) is 24.7 Å². The number of hydrogen-bond acceptors (Lipinski definition) is 3. The third kappa shape index (κ3) is 4.68. The van der Waals surface area contributed by atoms with Gasteiger partial charge in [-0.25, -0.2) is 4.68 Å². The van der Waals surface area contributed by atoms with E-state index in [-0.39, 0.29) is 5.91 Å². The number of carbonyl (C=O) groups excluding carboxylic acids is 1. The minimum atomic E-state index is -0.0388. The maximum atomic E-state index is 12.2. The number of aryl methyl sites for hydroxylation is 5. The zero-order chi connectivity index (χ0) is 16.8. The van der Waals surface area contributed by atoms with Crippen LogP contribution < -0.4 is 5.32 Å². The smallest absolute Gasteiger partial charge is 0.225 e. The molecule has 1 N–H and O–H groups in total. The highest BCUT2D eigenvalue weighted by Gasteiger charge is 2.10. The lowest BCUT2D eigenvalue weighted by atomic mass is 10.0. The number of benzene rings is 1. The SMILES string of the molecule is Cc1ccc(CCC(=O)Nc2cc(C)nn2CCC#N)c(C)c1. The summed E-state index contributed by atoms with van der Waals surface area (Å²) in [5.74, 6) is 0.617. The Labute approximate surface area is 136 Å². The van der Waals surface area contributed by atoms with Gasteiger partial charge in [-0.2, -0.15) is 10.4 Å². The molecule has 2 rings (SSSR count). The van der Waals surface area contributed by atoms with E-state index in [4.69, 9.17) is 5.26 Å². The molecule has 0 bridgehead atoms. The summed E-state index contributed by atoms with van der Waals surface area (Å²) in [6.45, 7) is 6.49. The van der Waals surface area contributed by atoms with Crippen molar-refractivity contribution in [1.82, 2.24) is 9.78 Å². The maximum Gasteiger partial charge on any atom is 0.225 e. The van der Waals surface area contributed by atoms with Crippen molar-refractivity contribution < 1.29 is 4.79 Å². The van der Waals surface area contributed by atoms with E-state index in [1.54, 1.807) is 4.68 Å². The van der Waals surface area contributed by atoms with Crippen LogP contribution in [0.4, 0.5) is 5.82 Å². The Bertz CT molecular complexity index is 740. The van der Waals surface area contributed by atoms with Crippen LogP contribution in [0, 0.1) is 32.1 Å². The molecule has 1 aromatic carbocycles. The van der Waals surface area contributed by atoms with E-state index in [0.717, 1.165) is 5.69 Å². The molecule has 5 nitrogen and oxygen atoms in total. The molecule has 1 aromatic heterocycles. The Morgan fingerprint density at radius 1 is 1.30 bits per heavy atom. The number of amides is 1. The number of nitriles is 1. The van der Waals surface area contributed by atoms with E-state index in [0.29, 0.717) is 31.6 Å². The summed E-state index contributed by atoms with van der Waals surface area (Å²) < 4.78 is 1.67. The average molecular weight is 310 g/mol. The lowest BCUT2D eigenvalue weighted by Gasteiger charge is -2.09. The number of nitrogens with one attached hydrogen (secondary N) is 1. The topological polar surface area (TPSA) is 70.7 Å². The predicted octanol–water partition coefficient (Wildman–Crippen LogP) is 3.29. The molecule has 0 saturated heterocycles.